The first-order valence-electron chi connectivity index (χ1n) is 11.4. The van der Waals surface area contributed by atoms with Crippen molar-refractivity contribution in [2.75, 3.05) is 19.7 Å². The number of aromatic nitrogens is 2. The summed E-state index contributed by atoms with van der Waals surface area (Å²) < 4.78 is 49.8. The molecule has 1 aliphatic rings. The minimum Gasteiger partial charge on any atom is -0.494 e. The van der Waals surface area contributed by atoms with Crippen molar-refractivity contribution in [3.8, 4) is 17.2 Å². The maximum atomic E-state index is 13.0. The minimum atomic E-state index is -4.40. The molecule has 0 spiro atoms. The quantitative estimate of drug-likeness (QED) is 0.397. The molecular formula is C25H26F3N3O3. The van der Waals surface area contributed by atoms with Gasteiger partial charge < -0.3 is 14.1 Å². The second kappa shape index (κ2) is 10.3. The molecule has 1 saturated heterocycles. The van der Waals surface area contributed by atoms with E-state index in [9.17, 15) is 18.0 Å². The fraction of sp³-hybridized carbons (Fsp3) is 0.400. The Hall–Kier alpha value is -3.36. The summed E-state index contributed by atoms with van der Waals surface area (Å²) in [4.78, 5) is 14.8. The summed E-state index contributed by atoms with van der Waals surface area (Å²) in [6.45, 7) is 3.81. The Kier molecular flexibility index (Phi) is 7.19. The summed E-state index contributed by atoms with van der Waals surface area (Å²) in [6.07, 6.45) is -0.807. The molecule has 9 heteroatoms. The molecule has 1 amide bonds. The number of benzene rings is 2. The smallest absolute Gasteiger partial charge is 0.416 e. The average Bonchev–Trinajstić information content (AvgIpc) is 3.34. The molecule has 1 fully saturated rings. The van der Waals surface area contributed by atoms with Crippen molar-refractivity contribution < 1.29 is 27.1 Å². The Morgan fingerprint density at radius 2 is 1.85 bits per heavy atom. The van der Waals surface area contributed by atoms with Crippen LogP contribution in [-0.2, 0) is 6.18 Å². The van der Waals surface area contributed by atoms with Crippen LogP contribution < -0.4 is 4.74 Å². The summed E-state index contributed by atoms with van der Waals surface area (Å²) in [6, 6.07) is 11.7. The summed E-state index contributed by atoms with van der Waals surface area (Å²) in [5, 5.41) is 8.11. The first kappa shape index (κ1) is 23.8. The number of nitrogens with zero attached hydrogens (tertiary/aromatic N) is 3. The van der Waals surface area contributed by atoms with E-state index in [0.29, 0.717) is 36.7 Å². The molecule has 6 nitrogen and oxygen atoms in total. The lowest BCUT2D eigenvalue weighted by Gasteiger charge is -2.31. The number of rotatable bonds is 7. The zero-order chi connectivity index (χ0) is 24.1. The van der Waals surface area contributed by atoms with Gasteiger partial charge in [-0.3, -0.25) is 4.79 Å². The molecule has 0 aliphatic carbocycles. The Bertz CT molecular complexity index is 1100. The summed E-state index contributed by atoms with van der Waals surface area (Å²) >= 11 is 0. The molecule has 3 aromatic rings. The molecule has 1 aromatic heterocycles. The molecule has 0 bridgehead atoms. The summed E-state index contributed by atoms with van der Waals surface area (Å²) in [5.74, 6) is 1.07. The zero-order valence-electron chi connectivity index (χ0n) is 18.8. The molecule has 34 heavy (non-hydrogen) atoms. The monoisotopic (exact) mass is 473 g/mol. The molecule has 2 heterocycles. The van der Waals surface area contributed by atoms with Crippen LogP contribution in [0.4, 0.5) is 13.2 Å². The third-order valence-corrected chi connectivity index (χ3v) is 5.83. The van der Waals surface area contributed by atoms with E-state index in [1.165, 1.54) is 12.1 Å². The van der Waals surface area contributed by atoms with Gasteiger partial charge in [0.25, 0.3) is 5.91 Å². The van der Waals surface area contributed by atoms with Crippen LogP contribution in [0.2, 0.25) is 0 Å². The third-order valence-electron chi connectivity index (χ3n) is 5.83. The van der Waals surface area contributed by atoms with E-state index in [4.69, 9.17) is 9.15 Å². The standard InChI is InChI=1S/C25H26F3N3O3/c1-2-3-15-33-21-12-8-18(9-13-21)24(32)31-14-4-5-19(16-31)23-30-29-22(34-23)17-6-10-20(11-7-17)25(26,27)28/h6-13,19H,2-5,14-16H2,1H3. The number of piperidine rings is 1. The Balaban J connectivity index is 1.40. The first-order valence-corrected chi connectivity index (χ1v) is 11.4. The van der Waals surface area contributed by atoms with Crippen molar-refractivity contribution in [2.45, 2.75) is 44.7 Å². The molecule has 4 rings (SSSR count). The number of carbonyl (C=O) groups is 1. The number of amides is 1. The van der Waals surface area contributed by atoms with Gasteiger partial charge in [-0.1, -0.05) is 13.3 Å². The average molecular weight is 473 g/mol. The van der Waals surface area contributed by atoms with Crippen molar-refractivity contribution in [2.24, 2.45) is 0 Å². The van der Waals surface area contributed by atoms with Gasteiger partial charge in [-0.05, 0) is 67.8 Å². The van der Waals surface area contributed by atoms with Crippen LogP contribution in [0.1, 0.15) is 60.3 Å². The number of hydrogen-bond acceptors (Lipinski definition) is 5. The van der Waals surface area contributed by atoms with Gasteiger partial charge in [-0.25, -0.2) is 0 Å². The SMILES string of the molecule is CCCCOc1ccc(C(=O)N2CCCC(c3nnc(-c4ccc(C(F)(F)F)cc4)o3)C2)cc1. The topological polar surface area (TPSA) is 68.5 Å². The van der Waals surface area contributed by atoms with Gasteiger partial charge in [0.1, 0.15) is 5.75 Å². The first-order chi connectivity index (χ1) is 16.3. The molecule has 180 valence electrons. The van der Waals surface area contributed by atoms with Gasteiger partial charge in [0, 0.05) is 24.2 Å². The predicted molar refractivity (Wildman–Crippen MR) is 119 cm³/mol. The second-order valence-corrected chi connectivity index (χ2v) is 8.34. The van der Waals surface area contributed by atoms with E-state index in [-0.39, 0.29) is 17.7 Å². The normalized spacial score (nSPS) is 16.5. The fourth-order valence-corrected chi connectivity index (χ4v) is 3.89. The molecule has 2 aromatic carbocycles. The number of alkyl halides is 3. The number of unbranched alkanes of at least 4 members (excludes halogenated alkanes) is 1. The van der Waals surface area contributed by atoms with Crippen molar-refractivity contribution in [3.05, 3.63) is 65.5 Å². The zero-order valence-corrected chi connectivity index (χ0v) is 18.8. The largest absolute Gasteiger partial charge is 0.494 e. The van der Waals surface area contributed by atoms with Gasteiger partial charge in [0.15, 0.2) is 0 Å². The van der Waals surface area contributed by atoms with Gasteiger partial charge >= 0.3 is 6.18 Å². The lowest BCUT2D eigenvalue weighted by Crippen LogP contribution is -2.39. The molecule has 1 unspecified atom stereocenters. The number of likely N-dealkylation sites (tertiary alicyclic amines) is 1. The van der Waals surface area contributed by atoms with Gasteiger partial charge in [0.2, 0.25) is 11.8 Å². The van der Waals surface area contributed by atoms with Gasteiger partial charge in [0.05, 0.1) is 18.1 Å². The maximum Gasteiger partial charge on any atom is 0.416 e. The lowest BCUT2D eigenvalue weighted by atomic mass is 9.97. The summed E-state index contributed by atoms with van der Waals surface area (Å²) in [7, 11) is 0. The van der Waals surface area contributed by atoms with Crippen LogP contribution in [0.3, 0.4) is 0 Å². The number of halogens is 3. The predicted octanol–water partition coefficient (Wildman–Crippen LogP) is 5.95. The number of hydrogen-bond donors (Lipinski definition) is 0. The van der Waals surface area contributed by atoms with E-state index in [0.717, 1.165) is 43.6 Å². The minimum absolute atomic E-state index is 0.0766. The Morgan fingerprint density at radius 1 is 1.12 bits per heavy atom. The lowest BCUT2D eigenvalue weighted by molar-refractivity contribution is -0.137. The van der Waals surface area contributed by atoms with Crippen molar-refractivity contribution in [1.82, 2.24) is 15.1 Å². The highest BCUT2D eigenvalue weighted by molar-refractivity contribution is 5.94. The highest BCUT2D eigenvalue weighted by Crippen LogP contribution is 2.32. The van der Waals surface area contributed by atoms with Crippen LogP contribution in [0, 0.1) is 0 Å². The van der Waals surface area contributed by atoms with Crippen LogP contribution in [0.5, 0.6) is 5.75 Å². The van der Waals surface area contributed by atoms with Crippen molar-refractivity contribution >= 4 is 5.91 Å². The number of ether oxygens (including phenoxy) is 1. The molecule has 0 radical (unpaired) electrons. The van der Waals surface area contributed by atoms with Crippen LogP contribution in [0.15, 0.2) is 52.9 Å². The second-order valence-electron chi connectivity index (χ2n) is 8.34. The highest BCUT2D eigenvalue weighted by atomic mass is 19.4. The highest BCUT2D eigenvalue weighted by Gasteiger charge is 2.31. The van der Waals surface area contributed by atoms with E-state index in [2.05, 4.69) is 17.1 Å². The van der Waals surface area contributed by atoms with E-state index < -0.39 is 11.7 Å². The molecular weight excluding hydrogens is 447 g/mol. The summed E-state index contributed by atoms with van der Waals surface area (Å²) in [5.41, 5.74) is 0.258. The molecule has 0 N–H and O–H groups in total. The maximum absolute atomic E-state index is 13.0. The molecule has 1 aliphatic heterocycles. The van der Waals surface area contributed by atoms with Crippen molar-refractivity contribution in [1.29, 1.82) is 0 Å². The van der Waals surface area contributed by atoms with Gasteiger partial charge in [-0.15, -0.1) is 10.2 Å². The van der Waals surface area contributed by atoms with E-state index >= 15 is 0 Å². The Morgan fingerprint density at radius 3 is 2.53 bits per heavy atom. The van der Waals surface area contributed by atoms with E-state index in [1.807, 2.05) is 0 Å². The third kappa shape index (κ3) is 5.58. The van der Waals surface area contributed by atoms with Crippen LogP contribution in [0.25, 0.3) is 11.5 Å². The fourth-order valence-electron chi connectivity index (χ4n) is 3.89. The van der Waals surface area contributed by atoms with Crippen LogP contribution >= 0.6 is 0 Å². The van der Waals surface area contributed by atoms with Gasteiger partial charge in [-0.2, -0.15) is 13.2 Å². The Labute approximate surface area is 195 Å². The van der Waals surface area contributed by atoms with E-state index in [1.54, 1.807) is 29.2 Å². The molecule has 0 saturated carbocycles. The number of carbonyl (C=O) groups excluding carboxylic acids is 1. The molecule has 1 atom stereocenters. The van der Waals surface area contributed by atoms with Crippen molar-refractivity contribution in [3.63, 3.8) is 0 Å². The van der Waals surface area contributed by atoms with Crippen LogP contribution in [-0.4, -0.2) is 40.7 Å².